The van der Waals surface area contributed by atoms with Crippen molar-refractivity contribution in [3.05, 3.63) is 28.6 Å². The quantitative estimate of drug-likeness (QED) is 0.879. The molecule has 2 aromatic rings. The highest BCUT2D eigenvalue weighted by atomic mass is 32.2. The van der Waals surface area contributed by atoms with Crippen LogP contribution in [0.25, 0.3) is 0 Å². The molecule has 2 heterocycles. The van der Waals surface area contributed by atoms with Gasteiger partial charge in [0.05, 0.1) is 0 Å². The summed E-state index contributed by atoms with van der Waals surface area (Å²) in [5.74, 6) is 0.0767. The zero-order chi connectivity index (χ0) is 15.0. The number of rotatable bonds is 6. The monoisotopic (exact) mass is 326 g/mol. The number of nitrogens with zero attached hydrogens (tertiary/aromatic N) is 3. The Bertz CT molecular complexity index is 717. The van der Waals surface area contributed by atoms with Gasteiger partial charge in [0.2, 0.25) is 10.0 Å². The zero-order valence-electron chi connectivity index (χ0n) is 11.8. The molecule has 0 amide bonds. The van der Waals surface area contributed by atoms with Gasteiger partial charge in [-0.15, -0.1) is 0 Å². The highest BCUT2D eigenvalue weighted by molar-refractivity contribution is 7.89. The van der Waals surface area contributed by atoms with Crippen LogP contribution < -0.4 is 5.73 Å². The summed E-state index contributed by atoms with van der Waals surface area (Å²) in [5.41, 5.74) is 6.81. The van der Waals surface area contributed by atoms with E-state index < -0.39 is 10.0 Å². The lowest BCUT2D eigenvalue weighted by molar-refractivity contribution is 0.399. The van der Waals surface area contributed by atoms with Gasteiger partial charge in [-0.25, -0.2) is 8.42 Å². The first-order valence-electron chi connectivity index (χ1n) is 6.88. The van der Waals surface area contributed by atoms with Crippen molar-refractivity contribution < 1.29 is 8.42 Å². The third kappa shape index (κ3) is 2.83. The van der Waals surface area contributed by atoms with Gasteiger partial charge in [-0.1, -0.05) is 0 Å². The largest absolute Gasteiger partial charge is 0.381 e. The maximum atomic E-state index is 12.9. The number of anilines is 1. The normalized spacial score (nSPS) is 15.7. The van der Waals surface area contributed by atoms with Crippen molar-refractivity contribution in [1.29, 1.82) is 0 Å². The van der Waals surface area contributed by atoms with Gasteiger partial charge < -0.3 is 5.73 Å². The summed E-state index contributed by atoms with van der Waals surface area (Å²) < 4.78 is 28.9. The lowest BCUT2D eigenvalue weighted by Crippen LogP contribution is -2.32. The Morgan fingerprint density at radius 2 is 2.29 bits per heavy atom. The van der Waals surface area contributed by atoms with E-state index in [0.717, 1.165) is 18.4 Å². The molecule has 0 aromatic carbocycles. The highest BCUT2D eigenvalue weighted by Gasteiger charge is 2.39. The maximum absolute atomic E-state index is 12.9. The van der Waals surface area contributed by atoms with Crippen LogP contribution >= 0.6 is 11.3 Å². The van der Waals surface area contributed by atoms with E-state index in [9.17, 15) is 8.42 Å². The van der Waals surface area contributed by atoms with E-state index in [1.54, 1.807) is 20.3 Å². The molecule has 0 radical (unpaired) electrons. The smallest absolute Gasteiger partial charge is 0.248 e. The number of nitrogens with two attached hydrogens (primary N) is 1. The molecule has 0 aliphatic heterocycles. The standard InChI is InChI=1S/C13H18N4O2S2/c1-2-16-8-12(13(14)15-16)21(18,19)17(11-3-4-11)7-10-5-6-20-9-10/h5-6,8-9,11H,2-4,7H2,1H3,(H2,14,15). The first-order chi connectivity index (χ1) is 10.0. The molecule has 8 heteroatoms. The minimum atomic E-state index is -3.60. The summed E-state index contributed by atoms with van der Waals surface area (Å²) in [6.45, 7) is 2.88. The highest BCUT2D eigenvalue weighted by Crippen LogP contribution is 2.35. The number of aromatic nitrogens is 2. The van der Waals surface area contributed by atoms with Crippen LogP contribution in [-0.2, 0) is 23.1 Å². The number of hydrogen-bond donors (Lipinski definition) is 1. The summed E-state index contributed by atoms with van der Waals surface area (Å²) in [4.78, 5) is 0.117. The predicted molar refractivity (Wildman–Crippen MR) is 82.4 cm³/mol. The number of thiophene rings is 1. The van der Waals surface area contributed by atoms with Crippen LogP contribution in [-0.4, -0.2) is 28.5 Å². The Labute approximate surface area is 128 Å². The second-order valence-electron chi connectivity index (χ2n) is 5.15. The predicted octanol–water partition coefficient (Wildman–Crippen LogP) is 1.90. The SMILES string of the molecule is CCn1cc(S(=O)(=O)N(Cc2ccsc2)C2CC2)c(N)n1. The molecule has 6 nitrogen and oxygen atoms in total. The van der Waals surface area contributed by atoms with Crippen molar-refractivity contribution in [2.75, 3.05) is 5.73 Å². The van der Waals surface area contributed by atoms with Gasteiger partial charge >= 0.3 is 0 Å². The van der Waals surface area contributed by atoms with E-state index in [1.165, 1.54) is 6.20 Å². The average Bonchev–Trinajstić information content (AvgIpc) is 2.99. The molecule has 1 saturated carbocycles. The summed E-state index contributed by atoms with van der Waals surface area (Å²) in [7, 11) is -3.60. The first kappa shape index (κ1) is 14.6. The van der Waals surface area contributed by atoms with Gasteiger partial charge in [0.1, 0.15) is 4.90 Å². The number of nitrogen functional groups attached to an aromatic ring is 1. The number of aryl methyl sites for hydroxylation is 1. The van der Waals surface area contributed by atoms with Crippen LogP contribution in [0.2, 0.25) is 0 Å². The van der Waals surface area contributed by atoms with Gasteiger partial charge in [-0.05, 0) is 42.2 Å². The van der Waals surface area contributed by atoms with Gasteiger partial charge in [0, 0.05) is 25.3 Å². The lowest BCUT2D eigenvalue weighted by atomic mass is 10.3. The van der Waals surface area contributed by atoms with Crippen LogP contribution in [0.3, 0.4) is 0 Å². The Balaban J connectivity index is 1.95. The van der Waals surface area contributed by atoms with Crippen molar-refractivity contribution >= 4 is 27.2 Å². The van der Waals surface area contributed by atoms with Crippen LogP contribution in [0, 0.1) is 0 Å². The van der Waals surface area contributed by atoms with Crippen molar-refractivity contribution in [1.82, 2.24) is 14.1 Å². The lowest BCUT2D eigenvalue weighted by Gasteiger charge is -2.20. The Hall–Kier alpha value is -1.38. The fourth-order valence-corrected chi connectivity index (χ4v) is 4.64. The van der Waals surface area contributed by atoms with Crippen LogP contribution in [0.5, 0.6) is 0 Å². The van der Waals surface area contributed by atoms with E-state index >= 15 is 0 Å². The summed E-state index contributed by atoms with van der Waals surface area (Å²) in [5, 5.41) is 7.98. The van der Waals surface area contributed by atoms with Crippen molar-refractivity contribution in [3.8, 4) is 0 Å². The van der Waals surface area contributed by atoms with E-state index in [-0.39, 0.29) is 16.8 Å². The van der Waals surface area contributed by atoms with Crippen LogP contribution in [0.4, 0.5) is 5.82 Å². The third-order valence-corrected chi connectivity index (χ3v) is 6.19. The molecule has 3 rings (SSSR count). The van der Waals surface area contributed by atoms with Crippen LogP contribution in [0.15, 0.2) is 27.9 Å². The molecule has 2 N–H and O–H groups in total. The molecule has 0 saturated heterocycles. The van der Waals surface area contributed by atoms with E-state index in [0.29, 0.717) is 13.1 Å². The molecule has 0 atom stereocenters. The van der Waals surface area contributed by atoms with E-state index in [4.69, 9.17) is 5.73 Å². The van der Waals surface area contributed by atoms with Crippen molar-refractivity contribution in [2.24, 2.45) is 0 Å². The molecule has 114 valence electrons. The van der Waals surface area contributed by atoms with Gasteiger partial charge in [-0.2, -0.15) is 20.7 Å². The second kappa shape index (κ2) is 5.43. The van der Waals surface area contributed by atoms with Crippen LogP contribution in [0.1, 0.15) is 25.3 Å². The Morgan fingerprint density at radius 1 is 1.52 bits per heavy atom. The number of sulfonamides is 1. The molecule has 2 aromatic heterocycles. The van der Waals surface area contributed by atoms with Gasteiger partial charge in [0.15, 0.2) is 5.82 Å². The Kier molecular flexibility index (Phi) is 3.76. The minimum Gasteiger partial charge on any atom is -0.381 e. The van der Waals surface area contributed by atoms with Crippen molar-refractivity contribution in [3.63, 3.8) is 0 Å². The molecule has 1 aliphatic carbocycles. The summed E-state index contributed by atoms with van der Waals surface area (Å²) in [6, 6.07) is 2.04. The summed E-state index contributed by atoms with van der Waals surface area (Å²) >= 11 is 1.57. The van der Waals surface area contributed by atoms with E-state index in [1.807, 2.05) is 23.8 Å². The minimum absolute atomic E-state index is 0.0767. The topological polar surface area (TPSA) is 81.2 Å². The van der Waals surface area contributed by atoms with Gasteiger partial charge in [-0.3, -0.25) is 4.68 Å². The number of hydrogen-bond acceptors (Lipinski definition) is 5. The fraction of sp³-hybridized carbons (Fsp3) is 0.462. The van der Waals surface area contributed by atoms with E-state index in [2.05, 4.69) is 5.10 Å². The fourth-order valence-electron chi connectivity index (χ4n) is 2.24. The molecular weight excluding hydrogens is 308 g/mol. The zero-order valence-corrected chi connectivity index (χ0v) is 13.4. The molecule has 0 spiro atoms. The maximum Gasteiger partial charge on any atom is 0.248 e. The van der Waals surface area contributed by atoms with Gasteiger partial charge in [0.25, 0.3) is 0 Å². The first-order valence-corrected chi connectivity index (χ1v) is 9.26. The summed E-state index contributed by atoms with van der Waals surface area (Å²) in [6.07, 6.45) is 3.34. The van der Waals surface area contributed by atoms with Crippen molar-refractivity contribution in [2.45, 2.75) is 43.8 Å². The Morgan fingerprint density at radius 3 is 2.81 bits per heavy atom. The molecule has 0 bridgehead atoms. The molecular formula is C13H18N4O2S2. The second-order valence-corrected chi connectivity index (χ2v) is 7.79. The third-order valence-electron chi connectivity index (χ3n) is 3.54. The molecule has 21 heavy (non-hydrogen) atoms. The molecule has 1 aliphatic rings. The molecule has 0 unspecified atom stereocenters. The average molecular weight is 326 g/mol. The molecule has 1 fully saturated rings.